The summed E-state index contributed by atoms with van der Waals surface area (Å²) in [6.45, 7) is 3.40. The summed E-state index contributed by atoms with van der Waals surface area (Å²) < 4.78 is 5.20. The molecule has 2 amide bonds. The van der Waals surface area contributed by atoms with Crippen molar-refractivity contribution in [3.63, 3.8) is 0 Å². The highest BCUT2D eigenvalue weighted by Gasteiger charge is 2.08. The van der Waals surface area contributed by atoms with Crippen LogP contribution in [0.2, 0.25) is 0 Å². The van der Waals surface area contributed by atoms with E-state index in [4.69, 9.17) is 4.74 Å². The van der Waals surface area contributed by atoms with E-state index in [9.17, 15) is 9.59 Å². The van der Waals surface area contributed by atoms with E-state index in [1.54, 1.807) is 37.4 Å². The number of ether oxygens (including phenoxy) is 1. The lowest BCUT2D eigenvalue weighted by Crippen LogP contribution is -2.15. The number of hydrogen-bond donors (Lipinski definition) is 2. The van der Waals surface area contributed by atoms with Crippen molar-refractivity contribution in [2.75, 3.05) is 17.7 Å². The number of amides is 2. The van der Waals surface area contributed by atoms with Crippen molar-refractivity contribution >= 4 is 23.2 Å². The molecule has 0 atom stereocenters. The van der Waals surface area contributed by atoms with E-state index >= 15 is 0 Å². The van der Waals surface area contributed by atoms with Crippen molar-refractivity contribution in [1.82, 2.24) is 0 Å². The molecule has 0 aliphatic rings. The highest BCUT2D eigenvalue weighted by atomic mass is 16.5. The Bertz CT molecular complexity index is 726. The summed E-state index contributed by atoms with van der Waals surface area (Å²) in [6.07, 6.45) is 1.39. The zero-order valence-electron chi connectivity index (χ0n) is 12.8. The Balaban J connectivity index is 2.04. The van der Waals surface area contributed by atoms with Gasteiger partial charge in [0, 0.05) is 5.69 Å². The Morgan fingerprint density at radius 2 is 1.91 bits per heavy atom. The Hall–Kier alpha value is -3.08. The fourth-order valence-corrected chi connectivity index (χ4v) is 2.08. The van der Waals surface area contributed by atoms with Gasteiger partial charge in [-0.1, -0.05) is 30.8 Å². The molecule has 0 saturated heterocycles. The summed E-state index contributed by atoms with van der Waals surface area (Å²) in [6, 6.07) is 14.3. The van der Waals surface area contributed by atoms with E-state index in [0.717, 1.165) is 5.56 Å². The summed E-state index contributed by atoms with van der Waals surface area (Å²) >= 11 is 0. The van der Waals surface area contributed by atoms with Crippen LogP contribution in [0.3, 0.4) is 0 Å². The van der Waals surface area contributed by atoms with Crippen LogP contribution in [0.5, 0.6) is 5.75 Å². The molecule has 0 spiro atoms. The van der Waals surface area contributed by atoms with Gasteiger partial charge < -0.3 is 15.4 Å². The highest BCUT2D eigenvalue weighted by molar-refractivity contribution is 5.99. The summed E-state index contributed by atoms with van der Waals surface area (Å²) in [7, 11) is 1.55. The number of carbonyl (C=O) groups is 2. The molecule has 0 aliphatic heterocycles. The van der Waals surface area contributed by atoms with Gasteiger partial charge in [0.25, 0.3) is 0 Å². The van der Waals surface area contributed by atoms with Gasteiger partial charge in [0.15, 0.2) is 0 Å². The molecule has 0 aliphatic carbocycles. The van der Waals surface area contributed by atoms with Crippen molar-refractivity contribution < 1.29 is 14.3 Å². The molecule has 0 bridgehead atoms. The molecule has 0 unspecified atom stereocenters. The third-order valence-electron chi connectivity index (χ3n) is 3.13. The molecule has 0 heterocycles. The van der Waals surface area contributed by atoms with Gasteiger partial charge in [0.05, 0.1) is 19.2 Å². The van der Waals surface area contributed by atoms with E-state index in [-0.39, 0.29) is 18.2 Å². The van der Waals surface area contributed by atoms with Crippen molar-refractivity contribution in [2.45, 2.75) is 6.42 Å². The number of anilines is 2. The van der Waals surface area contributed by atoms with Crippen LogP contribution in [0, 0.1) is 0 Å². The van der Waals surface area contributed by atoms with Crippen LogP contribution < -0.4 is 15.4 Å². The second kappa shape index (κ2) is 7.79. The first-order chi connectivity index (χ1) is 11.1. The summed E-state index contributed by atoms with van der Waals surface area (Å²) in [4.78, 5) is 23.5. The number of benzene rings is 2. The normalized spacial score (nSPS) is 9.78. The lowest BCUT2D eigenvalue weighted by molar-refractivity contribution is -0.115. The molecule has 5 heteroatoms. The number of methoxy groups -OCH3 is 1. The summed E-state index contributed by atoms with van der Waals surface area (Å²) in [5.74, 6) is 0.148. The number of hydrogen-bond acceptors (Lipinski definition) is 3. The number of para-hydroxylation sites is 2. The largest absolute Gasteiger partial charge is 0.495 e. The predicted molar refractivity (Wildman–Crippen MR) is 90.6 cm³/mol. The van der Waals surface area contributed by atoms with Crippen LogP contribution >= 0.6 is 0 Å². The molecule has 2 aromatic carbocycles. The zero-order valence-corrected chi connectivity index (χ0v) is 12.8. The molecule has 0 saturated carbocycles. The Morgan fingerprint density at radius 1 is 1.13 bits per heavy atom. The van der Waals surface area contributed by atoms with Crippen LogP contribution in [-0.4, -0.2) is 18.9 Å². The molecule has 23 heavy (non-hydrogen) atoms. The SMILES string of the molecule is C=CC(=O)Nc1cccc(CC(=O)Nc2ccccc2OC)c1. The monoisotopic (exact) mass is 310 g/mol. The lowest BCUT2D eigenvalue weighted by atomic mass is 10.1. The zero-order chi connectivity index (χ0) is 16.7. The van der Waals surface area contributed by atoms with Crippen LogP contribution in [0.15, 0.2) is 61.2 Å². The predicted octanol–water partition coefficient (Wildman–Crippen LogP) is 3.00. The standard InChI is InChI=1S/C18H18N2O3/c1-3-17(21)19-14-8-6-7-13(11-14)12-18(22)20-15-9-4-5-10-16(15)23-2/h3-11H,1,12H2,2H3,(H,19,21)(H,20,22). The minimum absolute atomic E-state index is 0.165. The van der Waals surface area contributed by atoms with Gasteiger partial charge in [0.2, 0.25) is 11.8 Å². The third-order valence-corrected chi connectivity index (χ3v) is 3.13. The van der Waals surface area contributed by atoms with Gasteiger partial charge in [-0.2, -0.15) is 0 Å². The van der Waals surface area contributed by atoms with Crippen molar-refractivity contribution in [3.8, 4) is 5.75 Å². The molecule has 2 rings (SSSR count). The minimum Gasteiger partial charge on any atom is -0.495 e. The molecular formula is C18H18N2O3. The molecule has 2 aromatic rings. The smallest absolute Gasteiger partial charge is 0.247 e. The molecule has 118 valence electrons. The van der Waals surface area contributed by atoms with Crippen LogP contribution in [0.25, 0.3) is 0 Å². The average molecular weight is 310 g/mol. The molecule has 0 aromatic heterocycles. The molecular weight excluding hydrogens is 292 g/mol. The Morgan fingerprint density at radius 3 is 2.65 bits per heavy atom. The molecule has 0 fully saturated rings. The van der Waals surface area contributed by atoms with Crippen molar-refractivity contribution in [1.29, 1.82) is 0 Å². The maximum atomic E-state index is 12.2. The van der Waals surface area contributed by atoms with Crippen LogP contribution in [0.4, 0.5) is 11.4 Å². The first kappa shape index (κ1) is 16.3. The van der Waals surface area contributed by atoms with Gasteiger partial charge in [-0.3, -0.25) is 9.59 Å². The molecule has 0 radical (unpaired) electrons. The van der Waals surface area contributed by atoms with E-state index in [2.05, 4.69) is 17.2 Å². The van der Waals surface area contributed by atoms with Gasteiger partial charge in [-0.05, 0) is 35.9 Å². The second-order valence-electron chi connectivity index (χ2n) is 4.82. The third kappa shape index (κ3) is 4.71. The topological polar surface area (TPSA) is 67.4 Å². The van der Waals surface area contributed by atoms with Gasteiger partial charge in [-0.15, -0.1) is 0 Å². The van der Waals surface area contributed by atoms with Gasteiger partial charge in [-0.25, -0.2) is 0 Å². The average Bonchev–Trinajstić information content (AvgIpc) is 2.55. The minimum atomic E-state index is -0.291. The molecule has 2 N–H and O–H groups in total. The van der Waals surface area contributed by atoms with Crippen LogP contribution in [-0.2, 0) is 16.0 Å². The first-order valence-electron chi connectivity index (χ1n) is 7.07. The fourth-order valence-electron chi connectivity index (χ4n) is 2.08. The quantitative estimate of drug-likeness (QED) is 0.806. The number of nitrogens with one attached hydrogen (secondary N) is 2. The summed E-state index contributed by atoms with van der Waals surface area (Å²) in [5, 5.41) is 5.48. The lowest BCUT2D eigenvalue weighted by Gasteiger charge is -2.10. The highest BCUT2D eigenvalue weighted by Crippen LogP contribution is 2.23. The van der Waals surface area contributed by atoms with E-state index in [1.165, 1.54) is 6.08 Å². The summed E-state index contributed by atoms with van der Waals surface area (Å²) in [5.41, 5.74) is 2.04. The van der Waals surface area contributed by atoms with Crippen LogP contribution in [0.1, 0.15) is 5.56 Å². The maximum Gasteiger partial charge on any atom is 0.247 e. The number of rotatable bonds is 6. The fraction of sp³-hybridized carbons (Fsp3) is 0.111. The first-order valence-corrected chi connectivity index (χ1v) is 7.07. The van der Waals surface area contributed by atoms with Crippen molar-refractivity contribution in [3.05, 3.63) is 66.7 Å². The second-order valence-corrected chi connectivity index (χ2v) is 4.82. The maximum absolute atomic E-state index is 12.2. The van der Waals surface area contributed by atoms with Crippen molar-refractivity contribution in [2.24, 2.45) is 0 Å². The van der Waals surface area contributed by atoms with E-state index in [1.807, 2.05) is 18.2 Å². The Labute approximate surface area is 135 Å². The van der Waals surface area contributed by atoms with E-state index < -0.39 is 0 Å². The molecule has 5 nitrogen and oxygen atoms in total. The Kier molecular flexibility index (Phi) is 5.52. The van der Waals surface area contributed by atoms with Gasteiger partial charge in [0.1, 0.15) is 5.75 Å². The van der Waals surface area contributed by atoms with E-state index in [0.29, 0.717) is 17.1 Å². The number of carbonyl (C=O) groups excluding carboxylic acids is 2. The van der Waals surface area contributed by atoms with Gasteiger partial charge >= 0.3 is 0 Å².